The van der Waals surface area contributed by atoms with Crippen LogP contribution in [0.5, 0.6) is 11.5 Å². The van der Waals surface area contributed by atoms with E-state index in [1.165, 1.54) is 7.11 Å². The highest BCUT2D eigenvalue weighted by Crippen LogP contribution is 2.27. The van der Waals surface area contributed by atoms with Gasteiger partial charge in [-0.15, -0.1) is 0 Å². The van der Waals surface area contributed by atoms with Gasteiger partial charge in [0.2, 0.25) is 0 Å². The van der Waals surface area contributed by atoms with Gasteiger partial charge in [-0.1, -0.05) is 17.2 Å². The largest absolute Gasteiger partial charge is 0.465 e. The molecule has 6 nitrogen and oxygen atoms in total. The predicted octanol–water partition coefficient (Wildman–Crippen LogP) is 4.21. The molecule has 0 aliphatic carbocycles. The van der Waals surface area contributed by atoms with Crippen molar-refractivity contribution in [3.8, 4) is 11.5 Å². The molecule has 6 heteroatoms. The Morgan fingerprint density at radius 3 is 2.50 bits per heavy atom. The quantitative estimate of drug-likeness (QED) is 0.360. The summed E-state index contributed by atoms with van der Waals surface area (Å²) < 4.78 is 10.3. The normalized spacial score (nSPS) is 9.45. The van der Waals surface area contributed by atoms with Gasteiger partial charge in [0.05, 0.1) is 7.11 Å². The highest BCUT2D eigenvalue weighted by Gasteiger charge is 2.12. The number of azide groups is 1. The number of esters is 1. The van der Waals surface area contributed by atoms with Crippen LogP contribution in [0.25, 0.3) is 10.4 Å². The molecular formula is C14H11N3O3. The summed E-state index contributed by atoms with van der Waals surface area (Å²) in [7, 11) is 1.31. The number of carbonyl (C=O) groups excluding carboxylic acids is 1. The first kappa shape index (κ1) is 13.5. The molecule has 0 aliphatic heterocycles. The van der Waals surface area contributed by atoms with Crippen molar-refractivity contribution in [2.24, 2.45) is 5.11 Å². The van der Waals surface area contributed by atoms with Crippen LogP contribution in [0.1, 0.15) is 10.4 Å². The Morgan fingerprint density at radius 2 is 1.85 bits per heavy atom. The summed E-state index contributed by atoms with van der Waals surface area (Å²) in [6.07, 6.45) is 0. The van der Waals surface area contributed by atoms with Gasteiger partial charge in [-0.25, -0.2) is 4.79 Å². The number of hydrogen-bond acceptors (Lipinski definition) is 4. The molecule has 0 radical (unpaired) electrons. The Hall–Kier alpha value is -2.98. The lowest BCUT2D eigenvalue weighted by atomic mass is 10.2. The lowest BCUT2D eigenvalue weighted by Crippen LogP contribution is -2.03. The van der Waals surface area contributed by atoms with Gasteiger partial charge >= 0.3 is 5.97 Å². The number of methoxy groups -OCH3 is 1. The standard InChI is InChI=1S/C14H11N3O3/c1-19-14(18)12-4-2-3-5-13(12)20-11-8-6-10(7-9-11)16-17-15/h2-9H,1H3. The zero-order valence-corrected chi connectivity index (χ0v) is 10.7. The predicted molar refractivity (Wildman–Crippen MR) is 73.1 cm³/mol. The first-order chi connectivity index (χ1) is 9.74. The number of benzene rings is 2. The van der Waals surface area contributed by atoms with E-state index in [1.54, 1.807) is 48.5 Å². The smallest absolute Gasteiger partial charge is 0.341 e. The van der Waals surface area contributed by atoms with Crippen LogP contribution in [0, 0.1) is 0 Å². The van der Waals surface area contributed by atoms with E-state index in [2.05, 4.69) is 10.0 Å². The minimum absolute atomic E-state index is 0.342. The van der Waals surface area contributed by atoms with Gasteiger partial charge in [-0.2, -0.15) is 0 Å². The van der Waals surface area contributed by atoms with Crippen LogP contribution in [-0.2, 0) is 4.74 Å². The molecule has 0 heterocycles. The molecule has 0 saturated carbocycles. The van der Waals surface area contributed by atoms with E-state index < -0.39 is 5.97 Å². The van der Waals surface area contributed by atoms with E-state index in [1.807, 2.05) is 0 Å². The number of nitrogens with zero attached hydrogens (tertiary/aromatic N) is 3. The molecule has 20 heavy (non-hydrogen) atoms. The molecule has 0 aliphatic rings. The number of hydrogen-bond donors (Lipinski definition) is 0. The maximum atomic E-state index is 11.6. The summed E-state index contributed by atoms with van der Waals surface area (Å²) in [5.74, 6) is 0.459. The number of para-hydroxylation sites is 1. The van der Waals surface area contributed by atoms with E-state index in [0.717, 1.165) is 0 Å². The Morgan fingerprint density at radius 1 is 1.15 bits per heavy atom. The molecule has 0 spiro atoms. The van der Waals surface area contributed by atoms with E-state index in [9.17, 15) is 4.79 Å². The topological polar surface area (TPSA) is 84.3 Å². The summed E-state index contributed by atoms with van der Waals surface area (Å²) in [6, 6.07) is 13.3. The fourth-order valence-corrected chi connectivity index (χ4v) is 1.59. The first-order valence-electron chi connectivity index (χ1n) is 5.75. The third-order valence-corrected chi connectivity index (χ3v) is 2.52. The maximum Gasteiger partial charge on any atom is 0.341 e. The molecule has 0 saturated heterocycles. The van der Waals surface area contributed by atoms with Crippen molar-refractivity contribution in [3.05, 3.63) is 64.5 Å². The maximum absolute atomic E-state index is 11.6. The Balaban J connectivity index is 2.25. The second-order valence-corrected chi connectivity index (χ2v) is 3.77. The highest BCUT2D eigenvalue weighted by molar-refractivity contribution is 5.92. The number of rotatable bonds is 4. The van der Waals surface area contributed by atoms with Gasteiger partial charge in [-0.05, 0) is 41.9 Å². The second-order valence-electron chi connectivity index (χ2n) is 3.77. The number of carbonyl (C=O) groups is 1. The van der Waals surface area contributed by atoms with E-state index in [-0.39, 0.29) is 0 Å². The third-order valence-electron chi connectivity index (χ3n) is 2.52. The highest BCUT2D eigenvalue weighted by atomic mass is 16.5. The zero-order valence-electron chi connectivity index (χ0n) is 10.7. The average molecular weight is 269 g/mol. The van der Waals surface area contributed by atoms with Crippen LogP contribution < -0.4 is 4.74 Å². The van der Waals surface area contributed by atoms with Crippen molar-refractivity contribution in [2.45, 2.75) is 0 Å². The Bertz CT molecular complexity index is 662. The fraction of sp³-hybridized carbons (Fsp3) is 0.0714. The van der Waals surface area contributed by atoms with Gasteiger partial charge in [-0.3, -0.25) is 0 Å². The van der Waals surface area contributed by atoms with Gasteiger partial charge in [0, 0.05) is 10.6 Å². The number of ether oxygens (including phenoxy) is 2. The van der Waals surface area contributed by atoms with Crippen molar-refractivity contribution < 1.29 is 14.3 Å². The molecule has 0 unspecified atom stereocenters. The molecule has 0 N–H and O–H groups in total. The van der Waals surface area contributed by atoms with E-state index in [0.29, 0.717) is 22.7 Å². The summed E-state index contributed by atoms with van der Waals surface area (Å²) in [4.78, 5) is 14.3. The minimum Gasteiger partial charge on any atom is -0.465 e. The van der Waals surface area contributed by atoms with Gasteiger partial charge < -0.3 is 9.47 Å². The summed E-state index contributed by atoms with van der Waals surface area (Å²) in [5.41, 5.74) is 9.15. The van der Waals surface area contributed by atoms with Crippen LogP contribution in [0.3, 0.4) is 0 Å². The van der Waals surface area contributed by atoms with Crippen molar-refractivity contribution in [1.29, 1.82) is 0 Å². The van der Waals surface area contributed by atoms with E-state index in [4.69, 9.17) is 15.0 Å². The minimum atomic E-state index is -0.466. The summed E-state index contributed by atoms with van der Waals surface area (Å²) in [6.45, 7) is 0. The first-order valence-corrected chi connectivity index (χ1v) is 5.75. The average Bonchev–Trinajstić information content (AvgIpc) is 2.49. The van der Waals surface area contributed by atoms with Crippen molar-refractivity contribution in [1.82, 2.24) is 0 Å². The van der Waals surface area contributed by atoms with Crippen LogP contribution in [0.2, 0.25) is 0 Å². The van der Waals surface area contributed by atoms with Crippen LogP contribution in [0.15, 0.2) is 53.6 Å². The second kappa shape index (κ2) is 6.26. The summed E-state index contributed by atoms with van der Waals surface area (Å²) >= 11 is 0. The monoisotopic (exact) mass is 269 g/mol. The molecule has 2 aromatic carbocycles. The molecule has 0 fully saturated rings. The molecule has 2 rings (SSSR count). The fourth-order valence-electron chi connectivity index (χ4n) is 1.59. The molecular weight excluding hydrogens is 258 g/mol. The van der Waals surface area contributed by atoms with Crippen molar-refractivity contribution in [3.63, 3.8) is 0 Å². The molecule has 2 aromatic rings. The molecule has 100 valence electrons. The van der Waals surface area contributed by atoms with Crippen LogP contribution >= 0.6 is 0 Å². The molecule has 0 atom stereocenters. The van der Waals surface area contributed by atoms with Gasteiger partial charge in [0.15, 0.2) is 0 Å². The van der Waals surface area contributed by atoms with Gasteiger partial charge in [0.1, 0.15) is 17.1 Å². The van der Waals surface area contributed by atoms with E-state index >= 15 is 0 Å². The van der Waals surface area contributed by atoms with Crippen molar-refractivity contribution in [2.75, 3.05) is 7.11 Å². The molecule has 0 aromatic heterocycles. The van der Waals surface area contributed by atoms with Crippen LogP contribution in [-0.4, -0.2) is 13.1 Å². The summed E-state index contributed by atoms with van der Waals surface area (Å²) in [5, 5.41) is 3.46. The molecule has 0 amide bonds. The Labute approximate surface area is 115 Å². The lowest BCUT2D eigenvalue weighted by molar-refractivity contribution is 0.0598. The van der Waals surface area contributed by atoms with Crippen LogP contribution in [0.4, 0.5) is 5.69 Å². The zero-order chi connectivity index (χ0) is 14.4. The SMILES string of the molecule is COC(=O)c1ccccc1Oc1ccc(N=[N+]=[N-])cc1. The molecule has 0 bridgehead atoms. The lowest BCUT2D eigenvalue weighted by Gasteiger charge is -2.09. The van der Waals surface area contributed by atoms with Gasteiger partial charge in [0.25, 0.3) is 0 Å². The Kier molecular flexibility index (Phi) is 4.21. The van der Waals surface area contributed by atoms with Crippen molar-refractivity contribution >= 4 is 11.7 Å². The third kappa shape index (κ3) is 3.07.